The first-order valence-electron chi connectivity index (χ1n) is 5.41. The van der Waals surface area contributed by atoms with E-state index >= 15 is 0 Å². The SMILES string of the molecule is Nc1cc(O)ccc1CC1CCCSC1. The van der Waals surface area contributed by atoms with E-state index in [-0.39, 0.29) is 5.75 Å². The number of hydrogen-bond acceptors (Lipinski definition) is 3. The first kappa shape index (κ1) is 10.7. The van der Waals surface area contributed by atoms with Gasteiger partial charge in [-0.15, -0.1) is 0 Å². The van der Waals surface area contributed by atoms with Crippen LogP contribution in [-0.4, -0.2) is 16.6 Å². The van der Waals surface area contributed by atoms with Gasteiger partial charge in [-0.1, -0.05) is 6.07 Å². The van der Waals surface area contributed by atoms with Crippen molar-refractivity contribution in [2.24, 2.45) is 5.92 Å². The smallest absolute Gasteiger partial charge is 0.117 e. The standard InChI is InChI=1S/C12H17NOS/c13-12-7-11(14)4-3-10(12)6-9-2-1-5-15-8-9/h3-4,7,9,14H,1-2,5-6,8,13H2. The lowest BCUT2D eigenvalue weighted by Crippen LogP contribution is -2.13. The third-order valence-corrected chi connectivity index (χ3v) is 4.18. The lowest BCUT2D eigenvalue weighted by Gasteiger charge is -2.21. The van der Waals surface area contributed by atoms with Gasteiger partial charge in [0.25, 0.3) is 0 Å². The second-order valence-corrected chi connectivity index (χ2v) is 5.32. The van der Waals surface area contributed by atoms with Gasteiger partial charge < -0.3 is 10.8 Å². The Morgan fingerprint density at radius 1 is 1.47 bits per heavy atom. The Morgan fingerprint density at radius 3 is 3.00 bits per heavy atom. The highest BCUT2D eigenvalue weighted by Crippen LogP contribution is 2.28. The number of nitrogens with two attached hydrogens (primary N) is 1. The maximum atomic E-state index is 9.26. The van der Waals surface area contributed by atoms with Gasteiger partial charge >= 0.3 is 0 Å². The van der Waals surface area contributed by atoms with Crippen LogP contribution in [0.25, 0.3) is 0 Å². The molecule has 0 aromatic heterocycles. The number of phenolic OH excluding ortho intramolecular Hbond substituents is 1. The summed E-state index contributed by atoms with van der Waals surface area (Å²) in [6.45, 7) is 0. The fourth-order valence-electron chi connectivity index (χ4n) is 2.05. The van der Waals surface area contributed by atoms with Gasteiger partial charge in [-0.05, 0) is 48.3 Å². The molecule has 1 aromatic carbocycles. The lowest BCUT2D eigenvalue weighted by atomic mass is 9.95. The number of nitrogen functional groups attached to an aromatic ring is 1. The van der Waals surface area contributed by atoms with Crippen LogP contribution < -0.4 is 5.73 Å². The fourth-order valence-corrected chi connectivity index (χ4v) is 3.20. The van der Waals surface area contributed by atoms with E-state index in [2.05, 4.69) is 0 Å². The number of thioether (sulfide) groups is 1. The molecular weight excluding hydrogens is 206 g/mol. The number of hydrogen-bond donors (Lipinski definition) is 2. The zero-order chi connectivity index (χ0) is 10.7. The second-order valence-electron chi connectivity index (χ2n) is 4.17. The Labute approximate surface area is 94.9 Å². The van der Waals surface area contributed by atoms with Crippen molar-refractivity contribution in [1.82, 2.24) is 0 Å². The molecule has 1 aromatic rings. The average Bonchev–Trinajstić information content (AvgIpc) is 2.24. The zero-order valence-corrected chi connectivity index (χ0v) is 9.59. The minimum absolute atomic E-state index is 0.259. The summed E-state index contributed by atoms with van der Waals surface area (Å²) in [6, 6.07) is 5.32. The van der Waals surface area contributed by atoms with E-state index in [4.69, 9.17) is 5.73 Å². The van der Waals surface area contributed by atoms with Gasteiger partial charge in [0, 0.05) is 11.8 Å². The van der Waals surface area contributed by atoms with Crippen molar-refractivity contribution >= 4 is 17.4 Å². The molecule has 15 heavy (non-hydrogen) atoms. The summed E-state index contributed by atoms with van der Waals surface area (Å²) in [4.78, 5) is 0. The van der Waals surface area contributed by atoms with Crippen LogP contribution in [0.15, 0.2) is 18.2 Å². The predicted octanol–water partition coefficient (Wildman–Crippen LogP) is 2.66. The number of phenols is 1. The molecule has 1 fully saturated rings. The first-order chi connectivity index (χ1) is 7.25. The normalized spacial score (nSPS) is 21.5. The van der Waals surface area contributed by atoms with Crippen molar-refractivity contribution in [3.63, 3.8) is 0 Å². The fraction of sp³-hybridized carbons (Fsp3) is 0.500. The maximum Gasteiger partial charge on any atom is 0.117 e. The maximum absolute atomic E-state index is 9.26. The number of rotatable bonds is 2. The Balaban J connectivity index is 2.03. The molecule has 2 nitrogen and oxygen atoms in total. The average molecular weight is 223 g/mol. The minimum atomic E-state index is 0.259. The summed E-state index contributed by atoms with van der Waals surface area (Å²) in [5, 5.41) is 9.26. The molecule has 1 heterocycles. The summed E-state index contributed by atoms with van der Waals surface area (Å²) in [5.74, 6) is 3.58. The van der Waals surface area contributed by atoms with Crippen LogP contribution in [0.3, 0.4) is 0 Å². The van der Waals surface area contributed by atoms with E-state index in [9.17, 15) is 5.11 Å². The molecule has 0 radical (unpaired) electrons. The van der Waals surface area contributed by atoms with Crippen LogP contribution in [0.4, 0.5) is 5.69 Å². The third kappa shape index (κ3) is 2.81. The highest BCUT2D eigenvalue weighted by atomic mass is 32.2. The molecule has 82 valence electrons. The van der Waals surface area contributed by atoms with Gasteiger partial charge in [0.2, 0.25) is 0 Å². The van der Waals surface area contributed by atoms with Gasteiger partial charge in [-0.3, -0.25) is 0 Å². The quantitative estimate of drug-likeness (QED) is 0.758. The van der Waals surface area contributed by atoms with Gasteiger partial charge in [0.05, 0.1) is 0 Å². The molecule has 0 saturated carbocycles. The third-order valence-electron chi connectivity index (χ3n) is 2.89. The van der Waals surface area contributed by atoms with E-state index in [1.807, 2.05) is 17.8 Å². The van der Waals surface area contributed by atoms with Crippen molar-refractivity contribution in [2.45, 2.75) is 19.3 Å². The Bertz CT molecular complexity index is 334. The molecule has 1 atom stereocenters. The van der Waals surface area contributed by atoms with Crippen molar-refractivity contribution in [1.29, 1.82) is 0 Å². The molecule has 0 bridgehead atoms. The van der Waals surface area contributed by atoms with Gasteiger partial charge in [0.1, 0.15) is 5.75 Å². The molecule has 0 amide bonds. The molecule has 2 rings (SSSR count). The van der Waals surface area contributed by atoms with Gasteiger partial charge in [-0.25, -0.2) is 0 Å². The molecule has 1 unspecified atom stereocenters. The van der Waals surface area contributed by atoms with Crippen molar-refractivity contribution in [2.75, 3.05) is 17.2 Å². The Hall–Kier alpha value is -0.830. The van der Waals surface area contributed by atoms with Crippen LogP contribution in [0.1, 0.15) is 18.4 Å². The number of aromatic hydroxyl groups is 1. The summed E-state index contributed by atoms with van der Waals surface area (Å²) in [6.07, 6.45) is 3.69. The molecule has 1 aliphatic heterocycles. The summed E-state index contributed by atoms with van der Waals surface area (Å²) in [7, 11) is 0. The lowest BCUT2D eigenvalue weighted by molar-refractivity contribution is 0.474. The zero-order valence-electron chi connectivity index (χ0n) is 8.78. The molecule has 1 saturated heterocycles. The Morgan fingerprint density at radius 2 is 2.33 bits per heavy atom. The van der Waals surface area contributed by atoms with Crippen LogP contribution in [0, 0.1) is 5.92 Å². The summed E-state index contributed by atoms with van der Waals surface area (Å²) in [5.41, 5.74) is 7.78. The van der Waals surface area contributed by atoms with Crippen molar-refractivity contribution in [3.05, 3.63) is 23.8 Å². The molecule has 0 spiro atoms. The Kier molecular flexibility index (Phi) is 3.41. The van der Waals surface area contributed by atoms with E-state index in [0.717, 1.165) is 18.0 Å². The monoisotopic (exact) mass is 223 g/mol. The number of benzene rings is 1. The molecule has 1 aliphatic rings. The topological polar surface area (TPSA) is 46.2 Å². The highest BCUT2D eigenvalue weighted by molar-refractivity contribution is 7.99. The molecule has 3 N–H and O–H groups in total. The van der Waals surface area contributed by atoms with E-state index < -0.39 is 0 Å². The van der Waals surface area contributed by atoms with Crippen LogP contribution in [-0.2, 0) is 6.42 Å². The van der Waals surface area contributed by atoms with E-state index in [1.165, 1.54) is 29.9 Å². The molecule has 3 heteroatoms. The van der Waals surface area contributed by atoms with Crippen LogP contribution in [0.2, 0.25) is 0 Å². The van der Waals surface area contributed by atoms with Crippen molar-refractivity contribution < 1.29 is 5.11 Å². The van der Waals surface area contributed by atoms with Crippen LogP contribution >= 0.6 is 11.8 Å². The van der Waals surface area contributed by atoms with E-state index in [1.54, 1.807) is 12.1 Å². The summed E-state index contributed by atoms with van der Waals surface area (Å²) >= 11 is 2.04. The second kappa shape index (κ2) is 4.79. The van der Waals surface area contributed by atoms with Crippen LogP contribution in [0.5, 0.6) is 5.75 Å². The van der Waals surface area contributed by atoms with Gasteiger partial charge in [-0.2, -0.15) is 11.8 Å². The molecule has 0 aliphatic carbocycles. The number of anilines is 1. The van der Waals surface area contributed by atoms with E-state index in [0.29, 0.717) is 0 Å². The largest absolute Gasteiger partial charge is 0.508 e. The molecular formula is C12H17NOS. The first-order valence-corrected chi connectivity index (χ1v) is 6.56. The minimum Gasteiger partial charge on any atom is -0.508 e. The van der Waals surface area contributed by atoms with Gasteiger partial charge in [0.15, 0.2) is 0 Å². The predicted molar refractivity (Wildman–Crippen MR) is 66.3 cm³/mol. The highest BCUT2D eigenvalue weighted by Gasteiger charge is 2.15. The van der Waals surface area contributed by atoms with Crippen molar-refractivity contribution in [3.8, 4) is 5.75 Å². The summed E-state index contributed by atoms with van der Waals surface area (Å²) < 4.78 is 0.